The van der Waals surface area contributed by atoms with Gasteiger partial charge in [-0.05, 0) is 32.1 Å². The summed E-state index contributed by atoms with van der Waals surface area (Å²) in [5.41, 5.74) is 0.316. The zero-order chi connectivity index (χ0) is 12.5. The lowest BCUT2D eigenvalue weighted by molar-refractivity contribution is -0.146. The number of hydrogen-bond donors (Lipinski definition) is 1. The Morgan fingerprint density at radius 1 is 1.47 bits per heavy atom. The lowest BCUT2D eigenvalue weighted by Gasteiger charge is -2.20. The molecule has 1 aromatic rings. The van der Waals surface area contributed by atoms with Crippen molar-refractivity contribution in [3.8, 4) is 0 Å². The van der Waals surface area contributed by atoms with Gasteiger partial charge in [0.2, 0.25) is 5.79 Å². The van der Waals surface area contributed by atoms with Gasteiger partial charge in [0.15, 0.2) is 0 Å². The van der Waals surface area contributed by atoms with Crippen molar-refractivity contribution < 1.29 is 19.4 Å². The van der Waals surface area contributed by atoms with E-state index >= 15 is 0 Å². The predicted octanol–water partition coefficient (Wildman–Crippen LogP) is 2.46. The Hall–Kier alpha value is -1.17. The van der Waals surface area contributed by atoms with Crippen molar-refractivity contribution in [3.05, 3.63) is 27.5 Å². The average Bonchev–Trinajstić information content (AvgIpc) is 2.88. The van der Waals surface area contributed by atoms with Crippen molar-refractivity contribution in [2.45, 2.75) is 19.6 Å². The number of thiophene rings is 1. The van der Waals surface area contributed by atoms with Gasteiger partial charge in [0, 0.05) is 10.5 Å². The Morgan fingerprint density at radius 3 is 2.71 bits per heavy atom. The first-order valence-electron chi connectivity index (χ1n) is 5.31. The highest BCUT2D eigenvalue weighted by molar-refractivity contribution is 7.13. The highest BCUT2D eigenvalue weighted by Crippen LogP contribution is 2.36. The average molecular weight is 254 g/mol. The summed E-state index contributed by atoms with van der Waals surface area (Å²) in [7, 11) is 0. The third-order valence-electron chi connectivity index (χ3n) is 2.61. The molecule has 4 nitrogen and oxygen atoms in total. The molecule has 1 aliphatic rings. The summed E-state index contributed by atoms with van der Waals surface area (Å²) >= 11 is 1.48. The number of aliphatic carboxylic acids is 1. The van der Waals surface area contributed by atoms with E-state index in [1.54, 1.807) is 13.0 Å². The van der Waals surface area contributed by atoms with Crippen LogP contribution in [0.1, 0.15) is 23.6 Å². The van der Waals surface area contributed by atoms with Crippen LogP contribution in [0.3, 0.4) is 0 Å². The van der Waals surface area contributed by atoms with E-state index < -0.39 is 11.8 Å². The van der Waals surface area contributed by atoms with E-state index in [9.17, 15) is 4.79 Å². The topological polar surface area (TPSA) is 55.8 Å². The SMILES string of the molecule is CC(=Cc1ccc(C2(C)OCCO2)s1)C(=O)O. The lowest BCUT2D eigenvalue weighted by Crippen LogP contribution is -2.20. The molecular formula is C12H14O4S. The standard InChI is InChI=1S/C12H14O4S/c1-8(11(13)14)7-9-3-4-10(17-9)12(2)15-5-6-16-12/h3-4,7H,5-6H2,1-2H3,(H,13,14). The Morgan fingerprint density at radius 2 is 2.12 bits per heavy atom. The third kappa shape index (κ3) is 2.57. The summed E-state index contributed by atoms with van der Waals surface area (Å²) in [6, 6.07) is 3.79. The largest absolute Gasteiger partial charge is 0.478 e. The van der Waals surface area contributed by atoms with Gasteiger partial charge in [-0.1, -0.05) is 0 Å². The maximum Gasteiger partial charge on any atom is 0.331 e. The maximum atomic E-state index is 10.7. The molecular weight excluding hydrogens is 240 g/mol. The van der Waals surface area contributed by atoms with Crippen LogP contribution in [-0.4, -0.2) is 24.3 Å². The molecule has 0 bridgehead atoms. The number of hydrogen-bond acceptors (Lipinski definition) is 4. The summed E-state index contributed by atoms with van der Waals surface area (Å²) in [4.78, 5) is 12.6. The van der Waals surface area contributed by atoms with E-state index in [-0.39, 0.29) is 0 Å². The fourth-order valence-electron chi connectivity index (χ4n) is 1.61. The predicted molar refractivity (Wildman–Crippen MR) is 64.9 cm³/mol. The van der Waals surface area contributed by atoms with Crippen molar-refractivity contribution in [3.63, 3.8) is 0 Å². The Balaban J connectivity index is 2.22. The smallest absolute Gasteiger partial charge is 0.331 e. The summed E-state index contributed by atoms with van der Waals surface area (Å²) in [6.07, 6.45) is 1.65. The van der Waals surface area contributed by atoms with Gasteiger partial charge in [0.25, 0.3) is 0 Å². The second-order valence-electron chi connectivity index (χ2n) is 3.98. The van der Waals surface area contributed by atoms with E-state index in [0.717, 1.165) is 9.75 Å². The van der Waals surface area contributed by atoms with Gasteiger partial charge in [0.1, 0.15) is 0 Å². The molecule has 0 amide bonds. The van der Waals surface area contributed by atoms with E-state index in [1.165, 1.54) is 11.3 Å². The molecule has 2 rings (SSSR count). The van der Waals surface area contributed by atoms with Crippen LogP contribution in [0.5, 0.6) is 0 Å². The molecule has 0 aromatic carbocycles. The monoisotopic (exact) mass is 254 g/mol. The van der Waals surface area contributed by atoms with Gasteiger partial charge in [-0.25, -0.2) is 4.79 Å². The molecule has 2 heterocycles. The molecule has 1 aromatic heterocycles. The fourth-order valence-corrected chi connectivity index (χ4v) is 2.67. The van der Waals surface area contributed by atoms with Crippen molar-refractivity contribution in [1.82, 2.24) is 0 Å². The molecule has 1 aliphatic heterocycles. The molecule has 1 fully saturated rings. The fraction of sp³-hybridized carbons (Fsp3) is 0.417. The number of carbonyl (C=O) groups is 1. The van der Waals surface area contributed by atoms with Crippen LogP contribution in [0, 0.1) is 0 Å². The van der Waals surface area contributed by atoms with Crippen molar-refractivity contribution >= 4 is 23.4 Å². The minimum absolute atomic E-state index is 0.316. The molecule has 1 saturated heterocycles. The van der Waals surface area contributed by atoms with Gasteiger partial charge in [0.05, 0.1) is 18.1 Å². The van der Waals surface area contributed by atoms with Gasteiger partial charge >= 0.3 is 5.97 Å². The number of ether oxygens (including phenoxy) is 2. The Kier molecular flexibility index (Phi) is 3.33. The highest BCUT2D eigenvalue weighted by Gasteiger charge is 2.34. The third-order valence-corrected chi connectivity index (χ3v) is 3.83. The van der Waals surface area contributed by atoms with Crippen LogP contribution in [0.15, 0.2) is 17.7 Å². The molecule has 17 heavy (non-hydrogen) atoms. The second-order valence-corrected chi connectivity index (χ2v) is 5.09. The first kappa shape index (κ1) is 12.3. The zero-order valence-corrected chi connectivity index (χ0v) is 10.5. The van der Waals surface area contributed by atoms with Crippen LogP contribution in [0.4, 0.5) is 0 Å². The highest BCUT2D eigenvalue weighted by atomic mass is 32.1. The summed E-state index contributed by atoms with van der Waals surface area (Å²) in [6.45, 7) is 4.64. The van der Waals surface area contributed by atoms with Gasteiger partial charge < -0.3 is 14.6 Å². The van der Waals surface area contributed by atoms with E-state index in [1.807, 2.05) is 19.1 Å². The van der Waals surface area contributed by atoms with E-state index in [2.05, 4.69) is 0 Å². The summed E-state index contributed by atoms with van der Waals surface area (Å²) in [5.74, 6) is -1.58. The van der Waals surface area contributed by atoms with Gasteiger partial charge in [-0.15, -0.1) is 11.3 Å². The minimum atomic E-state index is -0.903. The summed E-state index contributed by atoms with van der Waals surface area (Å²) in [5, 5.41) is 8.80. The van der Waals surface area contributed by atoms with Crippen LogP contribution in [0.2, 0.25) is 0 Å². The second kappa shape index (κ2) is 4.60. The van der Waals surface area contributed by atoms with Crippen molar-refractivity contribution in [1.29, 1.82) is 0 Å². The van der Waals surface area contributed by atoms with Crippen LogP contribution in [-0.2, 0) is 20.1 Å². The number of carboxylic acid groups (broad SMARTS) is 1. The Labute approximate surface area is 103 Å². The first-order chi connectivity index (χ1) is 8.01. The normalized spacial score (nSPS) is 19.5. The quantitative estimate of drug-likeness (QED) is 0.842. The van der Waals surface area contributed by atoms with Gasteiger partial charge in [-0.3, -0.25) is 0 Å². The summed E-state index contributed by atoms with van der Waals surface area (Å²) < 4.78 is 11.1. The van der Waals surface area contributed by atoms with Crippen molar-refractivity contribution in [2.24, 2.45) is 0 Å². The lowest BCUT2D eigenvalue weighted by atomic mass is 10.2. The molecule has 0 saturated carbocycles. The van der Waals surface area contributed by atoms with Crippen LogP contribution in [0.25, 0.3) is 6.08 Å². The number of rotatable bonds is 3. The molecule has 0 radical (unpaired) electrons. The maximum absolute atomic E-state index is 10.7. The van der Waals surface area contributed by atoms with Crippen LogP contribution >= 0.6 is 11.3 Å². The molecule has 1 N–H and O–H groups in total. The Bertz CT molecular complexity index is 455. The van der Waals surface area contributed by atoms with Crippen LogP contribution < -0.4 is 0 Å². The molecule has 0 spiro atoms. The minimum Gasteiger partial charge on any atom is -0.478 e. The number of carboxylic acids is 1. The van der Waals surface area contributed by atoms with Gasteiger partial charge in [-0.2, -0.15) is 0 Å². The van der Waals surface area contributed by atoms with E-state index in [0.29, 0.717) is 18.8 Å². The molecule has 92 valence electrons. The van der Waals surface area contributed by atoms with E-state index in [4.69, 9.17) is 14.6 Å². The first-order valence-corrected chi connectivity index (χ1v) is 6.13. The molecule has 0 atom stereocenters. The molecule has 0 aliphatic carbocycles. The zero-order valence-electron chi connectivity index (χ0n) is 9.73. The molecule has 5 heteroatoms. The molecule has 0 unspecified atom stereocenters. The van der Waals surface area contributed by atoms with Crippen molar-refractivity contribution in [2.75, 3.05) is 13.2 Å².